The van der Waals surface area contributed by atoms with Gasteiger partial charge in [0.25, 0.3) is 5.91 Å². The van der Waals surface area contributed by atoms with E-state index < -0.39 is 10.0 Å². The van der Waals surface area contributed by atoms with Gasteiger partial charge in [-0.05, 0) is 75.7 Å². The van der Waals surface area contributed by atoms with Gasteiger partial charge >= 0.3 is 5.97 Å². The topological polar surface area (TPSA) is 123 Å². The molecule has 0 radical (unpaired) electrons. The molecule has 6 rings (SSSR count). The number of ether oxygens (including phenoxy) is 2. The number of nitrogens with zero attached hydrogens (tertiary/aromatic N) is 5. The summed E-state index contributed by atoms with van der Waals surface area (Å²) in [5.41, 5.74) is 2.60. The van der Waals surface area contributed by atoms with Crippen LogP contribution in [-0.2, 0) is 29.1 Å². The van der Waals surface area contributed by atoms with E-state index in [0.717, 1.165) is 5.69 Å². The van der Waals surface area contributed by atoms with E-state index in [0.29, 0.717) is 59.4 Å². The van der Waals surface area contributed by atoms with Gasteiger partial charge in [0.05, 0.1) is 40.2 Å². The van der Waals surface area contributed by atoms with Crippen LogP contribution in [0.3, 0.4) is 0 Å². The van der Waals surface area contributed by atoms with Crippen LogP contribution in [0.5, 0.6) is 0 Å². The third-order valence-corrected chi connectivity index (χ3v) is 11.1. The molecular weight excluding hydrogens is 627 g/mol. The number of aliphatic imine (C=N–C) groups is 1. The molecule has 2 saturated heterocycles. The molecule has 46 heavy (non-hydrogen) atoms. The molecule has 0 bridgehead atoms. The maximum Gasteiger partial charge on any atom is 0.309 e. The van der Waals surface area contributed by atoms with Crippen molar-refractivity contribution in [2.75, 3.05) is 32.8 Å². The van der Waals surface area contributed by atoms with Gasteiger partial charge in [0.2, 0.25) is 10.0 Å². The molecule has 3 aromatic rings. The Kier molecular flexibility index (Phi) is 9.46. The number of hydrogen-bond donors (Lipinski definition) is 0. The number of carbonyl (C=O) groups is 2. The lowest BCUT2D eigenvalue weighted by molar-refractivity contribution is -0.149. The predicted molar refractivity (Wildman–Crippen MR) is 177 cm³/mol. The van der Waals surface area contributed by atoms with Gasteiger partial charge in [-0.15, -0.1) is 0 Å². The van der Waals surface area contributed by atoms with Crippen LogP contribution >= 0.6 is 11.8 Å². The lowest BCUT2D eigenvalue weighted by Crippen LogP contribution is -2.47. The van der Waals surface area contributed by atoms with Crippen molar-refractivity contribution in [3.63, 3.8) is 0 Å². The number of amidine groups is 1. The number of sulfonamides is 1. The Morgan fingerprint density at radius 3 is 2.48 bits per heavy atom. The van der Waals surface area contributed by atoms with E-state index in [1.165, 1.54) is 16.1 Å². The smallest absolute Gasteiger partial charge is 0.309 e. The summed E-state index contributed by atoms with van der Waals surface area (Å²) in [5.74, 6) is -0.901. The van der Waals surface area contributed by atoms with E-state index in [4.69, 9.17) is 14.6 Å². The van der Waals surface area contributed by atoms with E-state index in [1.807, 2.05) is 56.4 Å². The summed E-state index contributed by atoms with van der Waals surface area (Å²) in [6.45, 7) is 7.84. The molecule has 13 heteroatoms. The number of morpholine rings is 1. The third kappa shape index (κ3) is 6.82. The first-order chi connectivity index (χ1) is 22.1. The summed E-state index contributed by atoms with van der Waals surface area (Å²) < 4.78 is 41.6. The van der Waals surface area contributed by atoms with Crippen molar-refractivity contribution in [1.82, 2.24) is 19.0 Å². The van der Waals surface area contributed by atoms with Crippen LogP contribution in [-0.4, -0.2) is 89.4 Å². The SMILES string of the molecule is CCOC(=O)C1CCN(S(=O)(=O)c2cccc(-c3nn(-c4ccccc4)cc3/C=C3\SC(N4CC(C)OC(C)C4)=NC3=O)c2)CC1. The van der Waals surface area contributed by atoms with Gasteiger partial charge in [0, 0.05) is 43.5 Å². The average molecular weight is 664 g/mol. The van der Waals surface area contributed by atoms with Gasteiger partial charge in [-0.25, -0.2) is 13.1 Å². The second-order valence-electron chi connectivity index (χ2n) is 11.6. The summed E-state index contributed by atoms with van der Waals surface area (Å²) in [7, 11) is -3.83. The summed E-state index contributed by atoms with van der Waals surface area (Å²) in [4.78, 5) is 32.3. The third-order valence-electron chi connectivity index (χ3n) is 8.17. The monoisotopic (exact) mass is 663 g/mol. The second kappa shape index (κ2) is 13.5. The highest BCUT2D eigenvalue weighted by molar-refractivity contribution is 8.18. The second-order valence-corrected chi connectivity index (χ2v) is 14.6. The molecule has 2 atom stereocenters. The number of amides is 1. The zero-order valence-electron chi connectivity index (χ0n) is 26.0. The fourth-order valence-electron chi connectivity index (χ4n) is 5.98. The maximum atomic E-state index is 13.7. The van der Waals surface area contributed by atoms with Crippen molar-refractivity contribution in [3.05, 3.63) is 71.3 Å². The molecule has 0 spiro atoms. The van der Waals surface area contributed by atoms with Gasteiger partial charge in [0.1, 0.15) is 5.69 Å². The molecule has 0 saturated carbocycles. The summed E-state index contributed by atoms with van der Waals surface area (Å²) >= 11 is 1.32. The Balaban J connectivity index is 1.30. The van der Waals surface area contributed by atoms with Crippen LogP contribution in [0.25, 0.3) is 23.0 Å². The number of benzene rings is 2. The predicted octanol–water partition coefficient (Wildman–Crippen LogP) is 4.58. The summed E-state index contributed by atoms with van der Waals surface area (Å²) in [6.07, 6.45) is 4.49. The molecule has 3 aliphatic heterocycles. The number of aromatic nitrogens is 2. The molecule has 1 amide bonds. The molecule has 2 aromatic carbocycles. The molecule has 2 unspecified atom stereocenters. The Morgan fingerprint density at radius 2 is 1.78 bits per heavy atom. The lowest BCUT2D eigenvalue weighted by Gasteiger charge is -2.35. The Hall–Kier alpha value is -3.78. The normalized spacial score (nSPS) is 22.3. The molecule has 4 heterocycles. The number of carbonyl (C=O) groups excluding carboxylic acids is 2. The van der Waals surface area contributed by atoms with E-state index >= 15 is 0 Å². The Morgan fingerprint density at radius 1 is 1.07 bits per heavy atom. The highest BCUT2D eigenvalue weighted by atomic mass is 32.2. The number of piperidine rings is 1. The first-order valence-electron chi connectivity index (χ1n) is 15.5. The van der Waals surface area contributed by atoms with Crippen LogP contribution in [0.2, 0.25) is 0 Å². The quantitative estimate of drug-likeness (QED) is 0.264. The van der Waals surface area contributed by atoms with E-state index in [2.05, 4.69) is 9.89 Å². The van der Waals surface area contributed by atoms with Gasteiger partial charge in [-0.2, -0.15) is 14.4 Å². The minimum Gasteiger partial charge on any atom is -0.466 e. The molecule has 0 aliphatic carbocycles. The van der Waals surface area contributed by atoms with Gasteiger partial charge < -0.3 is 14.4 Å². The molecule has 2 fully saturated rings. The van der Waals surface area contributed by atoms with Crippen molar-refractivity contribution < 1.29 is 27.5 Å². The Labute approximate surface area is 273 Å². The highest BCUT2D eigenvalue weighted by Gasteiger charge is 2.34. The fraction of sp³-hybridized carbons (Fsp3) is 0.394. The fourth-order valence-corrected chi connectivity index (χ4v) is 8.42. The highest BCUT2D eigenvalue weighted by Crippen LogP contribution is 2.35. The standard InChI is InChI=1S/C33H37N5O6S2/c1-4-43-32(40)24-13-15-37(16-14-24)46(41,42)28-12-8-9-25(17-28)30-26(21-38(35-30)27-10-6-5-7-11-27)18-29-31(39)34-33(45-29)36-19-22(2)44-23(3)20-36/h5-12,17-18,21-24H,4,13-16,19-20H2,1-3H3/b29-18-. The summed E-state index contributed by atoms with van der Waals surface area (Å²) in [6, 6.07) is 16.3. The van der Waals surface area contributed by atoms with Crippen LogP contribution in [0, 0.1) is 5.92 Å². The van der Waals surface area contributed by atoms with Crippen molar-refractivity contribution in [1.29, 1.82) is 0 Å². The number of esters is 1. The zero-order chi connectivity index (χ0) is 32.4. The van der Waals surface area contributed by atoms with E-state index in [1.54, 1.807) is 35.9 Å². The van der Waals surface area contributed by atoms with Crippen LogP contribution < -0.4 is 0 Å². The van der Waals surface area contributed by atoms with E-state index in [-0.39, 0.29) is 48.0 Å². The number of para-hydroxylation sites is 1. The zero-order valence-corrected chi connectivity index (χ0v) is 27.7. The van der Waals surface area contributed by atoms with Crippen molar-refractivity contribution in [3.8, 4) is 16.9 Å². The lowest BCUT2D eigenvalue weighted by atomic mass is 9.98. The van der Waals surface area contributed by atoms with Crippen molar-refractivity contribution >= 4 is 44.9 Å². The van der Waals surface area contributed by atoms with Crippen molar-refractivity contribution in [2.45, 2.75) is 50.7 Å². The largest absolute Gasteiger partial charge is 0.466 e. The van der Waals surface area contributed by atoms with Gasteiger partial charge in [0.15, 0.2) is 5.17 Å². The number of thioether (sulfide) groups is 1. The average Bonchev–Trinajstić information content (AvgIpc) is 3.65. The van der Waals surface area contributed by atoms with Gasteiger partial charge in [-0.1, -0.05) is 30.3 Å². The van der Waals surface area contributed by atoms with Gasteiger partial charge in [-0.3, -0.25) is 9.59 Å². The number of rotatable bonds is 7. The maximum absolute atomic E-state index is 13.7. The summed E-state index contributed by atoms with van der Waals surface area (Å²) in [5, 5.41) is 5.50. The first kappa shape index (κ1) is 32.2. The van der Waals surface area contributed by atoms with Crippen molar-refractivity contribution in [2.24, 2.45) is 10.9 Å². The van der Waals surface area contributed by atoms with Crippen LogP contribution in [0.15, 0.2) is 75.6 Å². The minimum atomic E-state index is -3.83. The molecule has 0 N–H and O–H groups in total. The van der Waals surface area contributed by atoms with Crippen LogP contribution in [0.4, 0.5) is 0 Å². The molecule has 3 aliphatic rings. The molecular formula is C33H37N5O6S2. The Bertz CT molecular complexity index is 1770. The molecule has 242 valence electrons. The molecule has 11 nitrogen and oxygen atoms in total. The first-order valence-corrected chi connectivity index (χ1v) is 17.7. The minimum absolute atomic E-state index is 0.0263. The van der Waals surface area contributed by atoms with Crippen LogP contribution in [0.1, 0.15) is 39.2 Å². The number of hydrogen-bond acceptors (Lipinski definition) is 9. The van der Waals surface area contributed by atoms with E-state index in [9.17, 15) is 18.0 Å². The molecule has 1 aromatic heterocycles.